The maximum Gasteiger partial charge on any atom is 0.268 e. The zero-order chi connectivity index (χ0) is 23.4. The van der Waals surface area contributed by atoms with Crippen LogP contribution in [0, 0.1) is 12.8 Å². The quantitative estimate of drug-likeness (QED) is 0.399. The van der Waals surface area contributed by atoms with Crippen LogP contribution in [0.3, 0.4) is 0 Å². The molecule has 2 heterocycles. The monoisotopic (exact) mass is 443 g/mol. The van der Waals surface area contributed by atoms with Crippen molar-refractivity contribution in [2.45, 2.75) is 46.6 Å². The number of benzene rings is 2. The molecule has 7 nitrogen and oxygen atoms in total. The van der Waals surface area contributed by atoms with Gasteiger partial charge in [0.15, 0.2) is 0 Å². The molecule has 0 aliphatic rings. The Bertz CT molecular complexity index is 1230. The molecule has 0 saturated carbocycles. The molecule has 2 aromatic carbocycles. The van der Waals surface area contributed by atoms with Crippen LogP contribution in [-0.2, 0) is 6.42 Å². The van der Waals surface area contributed by atoms with Gasteiger partial charge in [0.2, 0.25) is 5.89 Å². The van der Waals surface area contributed by atoms with Crippen molar-refractivity contribution in [1.29, 1.82) is 0 Å². The van der Waals surface area contributed by atoms with E-state index in [1.165, 1.54) is 0 Å². The molecule has 1 atom stereocenters. The van der Waals surface area contributed by atoms with Gasteiger partial charge in [0.25, 0.3) is 11.8 Å². The van der Waals surface area contributed by atoms with Gasteiger partial charge in [-0.1, -0.05) is 50.2 Å². The van der Waals surface area contributed by atoms with Crippen molar-refractivity contribution in [2.24, 2.45) is 5.92 Å². The van der Waals surface area contributed by atoms with E-state index in [1.54, 1.807) is 6.92 Å². The highest BCUT2D eigenvalue weighted by atomic mass is 16.4. The standard InChI is InChI=1S/C26H29N5O2/c1-17(2)13-14-23-16-24(26-29-28-19(4)33-26)30-31(23)22-12-8-11-21(15-22)25(32)27-18(3)20-9-6-5-7-10-20/h5-12,15-18H,13-14H2,1-4H3,(H,27,32). The molecule has 2 aromatic heterocycles. The number of hydrogen-bond acceptors (Lipinski definition) is 5. The minimum atomic E-state index is -0.128. The molecule has 170 valence electrons. The van der Waals surface area contributed by atoms with Crippen molar-refractivity contribution < 1.29 is 9.21 Å². The first-order chi connectivity index (χ1) is 15.9. The molecule has 0 spiro atoms. The second kappa shape index (κ2) is 9.81. The molecule has 7 heteroatoms. The van der Waals surface area contributed by atoms with Gasteiger partial charge in [-0.3, -0.25) is 4.79 Å². The van der Waals surface area contributed by atoms with Gasteiger partial charge < -0.3 is 9.73 Å². The molecule has 0 bridgehead atoms. The van der Waals surface area contributed by atoms with E-state index in [4.69, 9.17) is 9.52 Å². The van der Waals surface area contributed by atoms with Crippen LogP contribution in [0.2, 0.25) is 0 Å². The Morgan fingerprint density at radius 1 is 1.03 bits per heavy atom. The Balaban J connectivity index is 1.62. The summed E-state index contributed by atoms with van der Waals surface area (Å²) >= 11 is 0. The Morgan fingerprint density at radius 3 is 2.52 bits per heavy atom. The fraction of sp³-hybridized carbons (Fsp3) is 0.308. The fourth-order valence-electron chi connectivity index (χ4n) is 3.65. The molecule has 4 rings (SSSR count). The Labute approximate surface area is 193 Å². The predicted molar refractivity (Wildman–Crippen MR) is 127 cm³/mol. The molecular weight excluding hydrogens is 414 g/mol. The van der Waals surface area contributed by atoms with Crippen LogP contribution < -0.4 is 5.32 Å². The second-order valence-electron chi connectivity index (χ2n) is 8.65. The Hall–Kier alpha value is -3.74. The highest BCUT2D eigenvalue weighted by Crippen LogP contribution is 2.23. The van der Waals surface area contributed by atoms with Gasteiger partial charge in [0, 0.05) is 18.2 Å². The molecule has 33 heavy (non-hydrogen) atoms. The zero-order valence-corrected chi connectivity index (χ0v) is 19.4. The lowest BCUT2D eigenvalue weighted by atomic mass is 10.1. The lowest BCUT2D eigenvalue weighted by Gasteiger charge is -2.15. The van der Waals surface area contributed by atoms with Crippen LogP contribution in [0.15, 0.2) is 65.1 Å². The van der Waals surface area contributed by atoms with E-state index in [9.17, 15) is 4.79 Å². The molecular formula is C26H29N5O2. The molecule has 1 unspecified atom stereocenters. The van der Waals surface area contributed by atoms with Crippen LogP contribution >= 0.6 is 0 Å². The Kier molecular flexibility index (Phi) is 6.68. The van der Waals surface area contributed by atoms with Gasteiger partial charge in [-0.15, -0.1) is 10.2 Å². The first-order valence-corrected chi connectivity index (χ1v) is 11.3. The number of hydrogen-bond donors (Lipinski definition) is 1. The van der Waals surface area contributed by atoms with Crippen LogP contribution in [0.1, 0.15) is 60.7 Å². The fourth-order valence-corrected chi connectivity index (χ4v) is 3.65. The average Bonchev–Trinajstić information content (AvgIpc) is 3.44. The van der Waals surface area contributed by atoms with E-state index in [-0.39, 0.29) is 11.9 Å². The van der Waals surface area contributed by atoms with E-state index >= 15 is 0 Å². The topological polar surface area (TPSA) is 85.8 Å². The molecule has 0 fully saturated rings. The lowest BCUT2D eigenvalue weighted by molar-refractivity contribution is 0.0940. The number of rotatable bonds is 8. The SMILES string of the molecule is Cc1nnc(-c2cc(CCC(C)C)n(-c3cccc(C(=O)NC(C)c4ccccc4)c3)n2)o1. The van der Waals surface area contributed by atoms with E-state index in [1.807, 2.05) is 72.3 Å². The van der Waals surface area contributed by atoms with Crippen molar-refractivity contribution in [3.05, 3.63) is 83.4 Å². The number of nitrogens with zero attached hydrogens (tertiary/aromatic N) is 4. The van der Waals surface area contributed by atoms with E-state index < -0.39 is 0 Å². The summed E-state index contributed by atoms with van der Waals surface area (Å²) in [5, 5.41) is 15.8. The first kappa shape index (κ1) is 22.5. The average molecular weight is 444 g/mol. The summed E-state index contributed by atoms with van der Waals surface area (Å²) in [6.07, 6.45) is 1.86. The molecule has 1 amide bonds. The summed E-state index contributed by atoms with van der Waals surface area (Å²) in [6, 6.07) is 19.3. The van der Waals surface area contributed by atoms with Crippen LogP contribution in [-0.4, -0.2) is 25.9 Å². The lowest BCUT2D eigenvalue weighted by Crippen LogP contribution is -2.26. The van der Waals surface area contributed by atoms with Gasteiger partial charge >= 0.3 is 0 Å². The number of aryl methyl sites for hydroxylation is 2. The summed E-state index contributed by atoms with van der Waals surface area (Å²) in [7, 11) is 0. The number of nitrogens with one attached hydrogen (secondary N) is 1. The van der Waals surface area contributed by atoms with Gasteiger partial charge in [0.05, 0.1) is 11.7 Å². The largest absolute Gasteiger partial charge is 0.420 e. The smallest absolute Gasteiger partial charge is 0.268 e. The molecule has 0 radical (unpaired) electrons. The maximum absolute atomic E-state index is 13.0. The van der Waals surface area contributed by atoms with Gasteiger partial charge in [-0.05, 0) is 55.5 Å². The van der Waals surface area contributed by atoms with Crippen molar-refractivity contribution in [3.8, 4) is 17.3 Å². The van der Waals surface area contributed by atoms with Gasteiger partial charge in [-0.25, -0.2) is 4.68 Å². The molecule has 4 aromatic rings. The Morgan fingerprint density at radius 2 is 1.82 bits per heavy atom. The third-order valence-electron chi connectivity index (χ3n) is 5.51. The van der Waals surface area contributed by atoms with E-state index in [0.717, 1.165) is 29.8 Å². The van der Waals surface area contributed by atoms with Crippen molar-refractivity contribution in [2.75, 3.05) is 0 Å². The number of carbonyl (C=O) groups excluding carboxylic acids is 1. The third kappa shape index (κ3) is 5.37. The number of carbonyl (C=O) groups is 1. The molecule has 0 saturated heterocycles. The summed E-state index contributed by atoms with van der Waals surface area (Å²) < 4.78 is 7.45. The minimum absolute atomic E-state index is 0.0963. The van der Waals surface area contributed by atoms with Gasteiger partial charge in [0.1, 0.15) is 5.69 Å². The van der Waals surface area contributed by atoms with Crippen molar-refractivity contribution in [3.63, 3.8) is 0 Å². The summed E-state index contributed by atoms with van der Waals surface area (Å²) in [5.41, 5.74) is 4.11. The second-order valence-corrected chi connectivity index (χ2v) is 8.65. The molecule has 0 aliphatic carbocycles. The van der Waals surface area contributed by atoms with Crippen LogP contribution in [0.25, 0.3) is 17.3 Å². The summed E-state index contributed by atoms with van der Waals surface area (Å²) in [4.78, 5) is 13.0. The normalized spacial score (nSPS) is 12.2. The number of aromatic nitrogens is 4. The molecule has 0 aliphatic heterocycles. The maximum atomic E-state index is 13.0. The van der Waals surface area contributed by atoms with Crippen LogP contribution in [0.5, 0.6) is 0 Å². The van der Waals surface area contributed by atoms with Gasteiger partial charge in [-0.2, -0.15) is 5.10 Å². The van der Waals surface area contributed by atoms with Crippen molar-refractivity contribution >= 4 is 5.91 Å². The van der Waals surface area contributed by atoms with Crippen molar-refractivity contribution in [1.82, 2.24) is 25.3 Å². The van der Waals surface area contributed by atoms with Crippen LogP contribution in [0.4, 0.5) is 0 Å². The molecule has 1 N–H and O–H groups in total. The highest BCUT2D eigenvalue weighted by molar-refractivity contribution is 5.95. The number of amides is 1. The third-order valence-corrected chi connectivity index (χ3v) is 5.51. The summed E-state index contributed by atoms with van der Waals surface area (Å²) in [5.74, 6) is 1.31. The first-order valence-electron chi connectivity index (χ1n) is 11.3. The van der Waals surface area contributed by atoms with E-state index in [2.05, 4.69) is 29.4 Å². The highest BCUT2D eigenvalue weighted by Gasteiger charge is 2.17. The minimum Gasteiger partial charge on any atom is -0.420 e. The predicted octanol–water partition coefficient (Wildman–Crippen LogP) is 5.31. The zero-order valence-electron chi connectivity index (χ0n) is 19.4. The summed E-state index contributed by atoms with van der Waals surface area (Å²) in [6.45, 7) is 8.13. The van der Waals surface area contributed by atoms with E-state index in [0.29, 0.717) is 29.0 Å².